The van der Waals surface area contributed by atoms with E-state index in [1.165, 1.54) is 23.9 Å². The first kappa shape index (κ1) is 13.0. The van der Waals surface area contributed by atoms with Crippen LogP contribution < -0.4 is 0 Å². The van der Waals surface area contributed by atoms with Gasteiger partial charge in [-0.25, -0.2) is 0 Å². The molecule has 4 heteroatoms. The van der Waals surface area contributed by atoms with Crippen molar-refractivity contribution in [3.63, 3.8) is 0 Å². The van der Waals surface area contributed by atoms with Crippen LogP contribution in [0.5, 0.6) is 0 Å². The molecule has 0 aliphatic carbocycles. The first-order valence-electron chi connectivity index (χ1n) is 5.37. The van der Waals surface area contributed by atoms with E-state index in [1.807, 2.05) is 31.2 Å². The molecular weight excluding hydrogens is 257 g/mol. The minimum Gasteiger partial charge on any atom is -0.166 e. The van der Waals surface area contributed by atoms with Gasteiger partial charge < -0.3 is 0 Å². The van der Waals surface area contributed by atoms with Crippen molar-refractivity contribution in [3.05, 3.63) is 59.7 Å². The molecular formula is C14H11F3S. The van der Waals surface area contributed by atoms with Crippen LogP contribution in [-0.2, 0) is 6.18 Å². The van der Waals surface area contributed by atoms with E-state index in [4.69, 9.17) is 0 Å². The number of halogens is 3. The Morgan fingerprint density at radius 1 is 0.889 bits per heavy atom. The fourth-order valence-corrected chi connectivity index (χ4v) is 2.41. The molecule has 0 unspecified atom stereocenters. The quantitative estimate of drug-likeness (QED) is 0.724. The summed E-state index contributed by atoms with van der Waals surface area (Å²) in [6.45, 7) is 1.98. The monoisotopic (exact) mass is 268 g/mol. The summed E-state index contributed by atoms with van der Waals surface area (Å²) >= 11 is 1.47. The zero-order chi connectivity index (χ0) is 13.2. The van der Waals surface area contributed by atoms with Crippen LogP contribution in [0.15, 0.2) is 58.3 Å². The van der Waals surface area contributed by atoms with Crippen molar-refractivity contribution in [2.24, 2.45) is 0 Å². The second-order valence-corrected chi connectivity index (χ2v) is 5.01. The van der Waals surface area contributed by atoms with Gasteiger partial charge in [0.1, 0.15) is 0 Å². The average molecular weight is 268 g/mol. The van der Waals surface area contributed by atoms with Crippen molar-refractivity contribution in [1.82, 2.24) is 0 Å². The molecule has 2 aromatic rings. The molecule has 0 nitrogen and oxygen atoms in total. The van der Waals surface area contributed by atoms with Gasteiger partial charge in [-0.3, -0.25) is 0 Å². The van der Waals surface area contributed by atoms with E-state index in [0.717, 1.165) is 27.5 Å². The Balaban J connectivity index is 2.19. The summed E-state index contributed by atoms with van der Waals surface area (Å²) in [5.74, 6) is 0. The summed E-state index contributed by atoms with van der Waals surface area (Å²) in [4.78, 5) is 1.86. The summed E-state index contributed by atoms with van der Waals surface area (Å²) in [7, 11) is 0. The molecule has 0 aliphatic heterocycles. The average Bonchev–Trinajstić information content (AvgIpc) is 2.32. The third kappa shape index (κ3) is 3.07. The molecule has 0 atom stereocenters. The molecule has 0 saturated carbocycles. The van der Waals surface area contributed by atoms with Crippen LogP contribution in [0.25, 0.3) is 0 Å². The van der Waals surface area contributed by atoms with E-state index >= 15 is 0 Å². The van der Waals surface area contributed by atoms with Crippen molar-refractivity contribution < 1.29 is 13.2 Å². The molecule has 2 aromatic carbocycles. The predicted octanol–water partition coefficient (Wildman–Crippen LogP) is 5.17. The van der Waals surface area contributed by atoms with Gasteiger partial charge in [-0.15, -0.1) is 0 Å². The standard InChI is InChI=1S/C14H11F3S/c1-10-4-2-3-5-13(10)18-12-8-6-11(7-9-12)14(15,16)17/h2-9H,1H3. The predicted molar refractivity (Wildman–Crippen MR) is 66.7 cm³/mol. The number of hydrogen-bond donors (Lipinski definition) is 0. The molecule has 0 heterocycles. The van der Waals surface area contributed by atoms with Gasteiger partial charge in [0.25, 0.3) is 0 Å². The molecule has 0 fully saturated rings. The minimum atomic E-state index is -4.27. The summed E-state index contributed by atoms with van der Waals surface area (Å²) in [5, 5.41) is 0. The first-order chi connectivity index (χ1) is 8.47. The number of rotatable bonds is 2. The summed E-state index contributed by atoms with van der Waals surface area (Å²) in [6.07, 6.45) is -4.27. The molecule has 0 aromatic heterocycles. The van der Waals surface area contributed by atoms with Gasteiger partial charge in [0.2, 0.25) is 0 Å². The molecule has 2 rings (SSSR count). The Hall–Kier alpha value is -1.42. The fraction of sp³-hybridized carbons (Fsp3) is 0.143. The van der Waals surface area contributed by atoms with Crippen LogP contribution in [0.4, 0.5) is 13.2 Å². The Morgan fingerprint density at radius 2 is 1.50 bits per heavy atom. The molecule has 0 saturated heterocycles. The molecule has 0 aliphatic rings. The van der Waals surface area contributed by atoms with Crippen molar-refractivity contribution in [1.29, 1.82) is 0 Å². The molecule has 94 valence electrons. The molecule has 0 spiro atoms. The third-order valence-corrected chi connectivity index (χ3v) is 3.69. The van der Waals surface area contributed by atoms with Crippen LogP contribution in [0, 0.1) is 6.92 Å². The van der Waals surface area contributed by atoms with Crippen molar-refractivity contribution in [3.8, 4) is 0 Å². The smallest absolute Gasteiger partial charge is 0.166 e. The SMILES string of the molecule is Cc1ccccc1Sc1ccc(C(F)(F)F)cc1. The van der Waals surface area contributed by atoms with E-state index in [9.17, 15) is 13.2 Å². The Labute approximate surface area is 108 Å². The van der Waals surface area contributed by atoms with E-state index < -0.39 is 11.7 Å². The zero-order valence-electron chi connectivity index (χ0n) is 9.66. The summed E-state index contributed by atoms with van der Waals surface area (Å²) in [5.41, 5.74) is 0.499. The van der Waals surface area contributed by atoms with Gasteiger partial charge in [-0.1, -0.05) is 30.0 Å². The van der Waals surface area contributed by atoms with E-state index in [0.29, 0.717) is 0 Å². The second kappa shape index (κ2) is 5.06. The van der Waals surface area contributed by atoms with Gasteiger partial charge in [0.05, 0.1) is 5.56 Å². The molecule has 0 radical (unpaired) electrons. The van der Waals surface area contributed by atoms with Crippen molar-refractivity contribution in [2.75, 3.05) is 0 Å². The zero-order valence-corrected chi connectivity index (χ0v) is 10.5. The maximum atomic E-state index is 12.4. The van der Waals surface area contributed by atoms with E-state index in [1.54, 1.807) is 0 Å². The Kier molecular flexibility index (Phi) is 3.66. The highest BCUT2D eigenvalue weighted by atomic mass is 32.2. The highest BCUT2D eigenvalue weighted by Crippen LogP contribution is 2.33. The number of benzene rings is 2. The largest absolute Gasteiger partial charge is 0.416 e. The van der Waals surface area contributed by atoms with Gasteiger partial charge in [0.15, 0.2) is 0 Å². The molecule has 18 heavy (non-hydrogen) atoms. The number of alkyl halides is 3. The number of hydrogen-bond acceptors (Lipinski definition) is 1. The summed E-state index contributed by atoms with van der Waals surface area (Å²) in [6, 6.07) is 13.0. The van der Waals surface area contributed by atoms with Crippen LogP contribution >= 0.6 is 11.8 Å². The van der Waals surface area contributed by atoms with Gasteiger partial charge in [-0.05, 0) is 42.8 Å². The lowest BCUT2D eigenvalue weighted by Gasteiger charge is -2.08. The molecule has 0 N–H and O–H groups in total. The van der Waals surface area contributed by atoms with Crippen LogP contribution in [-0.4, -0.2) is 0 Å². The maximum Gasteiger partial charge on any atom is 0.416 e. The van der Waals surface area contributed by atoms with Crippen LogP contribution in [0.1, 0.15) is 11.1 Å². The van der Waals surface area contributed by atoms with Crippen LogP contribution in [0.3, 0.4) is 0 Å². The Morgan fingerprint density at radius 3 is 2.06 bits per heavy atom. The van der Waals surface area contributed by atoms with E-state index in [2.05, 4.69) is 0 Å². The fourth-order valence-electron chi connectivity index (χ4n) is 1.51. The normalized spacial score (nSPS) is 11.6. The summed E-state index contributed by atoms with van der Waals surface area (Å²) < 4.78 is 37.2. The number of aryl methyl sites for hydroxylation is 1. The third-order valence-electron chi connectivity index (χ3n) is 2.50. The lowest BCUT2D eigenvalue weighted by Crippen LogP contribution is -2.03. The Bertz CT molecular complexity index is 529. The van der Waals surface area contributed by atoms with Gasteiger partial charge in [0, 0.05) is 9.79 Å². The lowest BCUT2D eigenvalue weighted by atomic mass is 10.2. The maximum absolute atomic E-state index is 12.4. The first-order valence-corrected chi connectivity index (χ1v) is 6.19. The molecule has 0 bridgehead atoms. The lowest BCUT2D eigenvalue weighted by molar-refractivity contribution is -0.137. The topological polar surface area (TPSA) is 0 Å². The minimum absolute atomic E-state index is 0.614. The highest BCUT2D eigenvalue weighted by Gasteiger charge is 2.29. The van der Waals surface area contributed by atoms with Gasteiger partial charge >= 0.3 is 6.18 Å². The molecule has 0 amide bonds. The van der Waals surface area contributed by atoms with E-state index in [-0.39, 0.29) is 0 Å². The highest BCUT2D eigenvalue weighted by molar-refractivity contribution is 7.99. The second-order valence-electron chi connectivity index (χ2n) is 3.89. The van der Waals surface area contributed by atoms with Gasteiger partial charge in [-0.2, -0.15) is 13.2 Å². The van der Waals surface area contributed by atoms with Crippen molar-refractivity contribution in [2.45, 2.75) is 22.9 Å². The van der Waals surface area contributed by atoms with Crippen molar-refractivity contribution >= 4 is 11.8 Å². The van der Waals surface area contributed by atoms with Crippen LogP contribution in [0.2, 0.25) is 0 Å².